The van der Waals surface area contributed by atoms with Gasteiger partial charge >= 0.3 is 0 Å². The van der Waals surface area contributed by atoms with Gasteiger partial charge in [0.05, 0.1) is 5.69 Å². The van der Waals surface area contributed by atoms with Crippen molar-refractivity contribution >= 4 is 27.8 Å². The Morgan fingerprint density at radius 1 is 1.16 bits per heavy atom. The van der Waals surface area contributed by atoms with Crippen LogP contribution in [-0.4, -0.2) is 4.98 Å². The summed E-state index contributed by atoms with van der Waals surface area (Å²) in [4.78, 5) is 6.76. The summed E-state index contributed by atoms with van der Waals surface area (Å²) in [6.07, 6.45) is 0.819. The molecule has 0 amide bonds. The molecular weight excluding hydrogens is 279 g/mol. The Hall–Kier alpha value is -1.72. The van der Waals surface area contributed by atoms with Crippen molar-refractivity contribution < 1.29 is 4.39 Å². The molecule has 0 radical (unpaired) electrons. The summed E-state index contributed by atoms with van der Waals surface area (Å²) in [5.41, 5.74) is 7.57. The number of thiophene rings is 1. The van der Waals surface area contributed by atoms with Crippen LogP contribution < -0.4 is 5.73 Å². The van der Waals surface area contributed by atoms with Gasteiger partial charge in [0.25, 0.3) is 0 Å². The first-order chi connectivity index (χ1) is 9.22. The summed E-state index contributed by atoms with van der Waals surface area (Å²) < 4.78 is 13.0. The van der Waals surface area contributed by atoms with Gasteiger partial charge in [0, 0.05) is 21.7 Å². The minimum atomic E-state index is -0.244. The maximum Gasteiger partial charge on any atom is 0.180 e. The van der Waals surface area contributed by atoms with Gasteiger partial charge in [-0.25, -0.2) is 9.37 Å². The van der Waals surface area contributed by atoms with Crippen molar-refractivity contribution in [1.29, 1.82) is 0 Å². The molecule has 0 fully saturated rings. The number of anilines is 1. The highest BCUT2D eigenvalue weighted by atomic mass is 32.1. The van der Waals surface area contributed by atoms with E-state index in [0.29, 0.717) is 5.13 Å². The molecule has 2 N–H and O–H groups in total. The molecule has 0 saturated heterocycles. The number of thiazole rings is 1. The summed E-state index contributed by atoms with van der Waals surface area (Å²) in [7, 11) is 0. The summed E-state index contributed by atoms with van der Waals surface area (Å²) >= 11 is 3.20. The van der Waals surface area contributed by atoms with Crippen LogP contribution >= 0.6 is 22.7 Å². The molecule has 0 spiro atoms. The van der Waals surface area contributed by atoms with Crippen molar-refractivity contribution in [3.63, 3.8) is 0 Å². The van der Waals surface area contributed by atoms with Crippen LogP contribution in [0, 0.1) is 5.82 Å². The molecule has 0 aliphatic heterocycles. The van der Waals surface area contributed by atoms with Gasteiger partial charge in [-0.1, -0.05) is 6.07 Å². The average molecular weight is 290 g/mol. The van der Waals surface area contributed by atoms with Crippen LogP contribution in [0.5, 0.6) is 0 Å². The van der Waals surface area contributed by atoms with E-state index in [1.54, 1.807) is 23.5 Å². The molecular formula is C14H11FN2S2. The standard InChI is InChI=1S/C14H11FN2S2/c15-10-5-3-9(4-6-10)13-12(19-14(16)17-13)8-11-2-1-7-18-11/h1-7H,8H2,(H2,16,17). The van der Waals surface area contributed by atoms with E-state index in [2.05, 4.69) is 16.4 Å². The number of nitrogens with zero attached hydrogens (tertiary/aromatic N) is 1. The van der Waals surface area contributed by atoms with Crippen molar-refractivity contribution in [2.24, 2.45) is 0 Å². The molecule has 0 atom stereocenters. The zero-order chi connectivity index (χ0) is 13.2. The number of hydrogen-bond donors (Lipinski definition) is 1. The molecule has 2 aromatic heterocycles. The molecule has 0 aliphatic carbocycles. The smallest absolute Gasteiger partial charge is 0.180 e. The van der Waals surface area contributed by atoms with Gasteiger partial charge in [0.2, 0.25) is 0 Å². The molecule has 2 nitrogen and oxygen atoms in total. The number of hydrogen-bond acceptors (Lipinski definition) is 4. The van der Waals surface area contributed by atoms with E-state index in [9.17, 15) is 4.39 Å². The highest BCUT2D eigenvalue weighted by molar-refractivity contribution is 7.16. The lowest BCUT2D eigenvalue weighted by atomic mass is 10.1. The lowest BCUT2D eigenvalue weighted by Crippen LogP contribution is -1.87. The van der Waals surface area contributed by atoms with Gasteiger partial charge in [-0.3, -0.25) is 0 Å². The second-order valence-corrected chi connectivity index (χ2v) is 6.23. The summed E-state index contributed by atoms with van der Waals surface area (Å²) in [6.45, 7) is 0. The zero-order valence-electron chi connectivity index (χ0n) is 9.97. The number of aromatic nitrogens is 1. The minimum absolute atomic E-state index is 0.244. The van der Waals surface area contributed by atoms with Crippen molar-refractivity contribution in [2.45, 2.75) is 6.42 Å². The van der Waals surface area contributed by atoms with Crippen LogP contribution in [0.3, 0.4) is 0 Å². The topological polar surface area (TPSA) is 38.9 Å². The van der Waals surface area contributed by atoms with E-state index in [0.717, 1.165) is 22.6 Å². The first kappa shape index (κ1) is 12.3. The van der Waals surface area contributed by atoms with E-state index >= 15 is 0 Å². The summed E-state index contributed by atoms with van der Waals surface area (Å²) in [6, 6.07) is 10.5. The molecule has 3 aromatic rings. The SMILES string of the molecule is Nc1nc(-c2ccc(F)cc2)c(Cc2cccs2)s1. The van der Waals surface area contributed by atoms with Crippen molar-refractivity contribution in [3.05, 3.63) is 57.3 Å². The monoisotopic (exact) mass is 290 g/mol. The van der Waals surface area contributed by atoms with Crippen molar-refractivity contribution in [2.75, 3.05) is 5.73 Å². The highest BCUT2D eigenvalue weighted by Gasteiger charge is 2.12. The lowest BCUT2D eigenvalue weighted by molar-refractivity contribution is 0.628. The molecule has 0 aliphatic rings. The van der Waals surface area contributed by atoms with E-state index < -0.39 is 0 Å². The Morgan fingerprint density at radius 3 is 2.63 bits per heavy atom. The highest BCUT2D eigenvalue weighted by Crippen LogP contribution is 2.32. The third-order valence-corrected chi connectivity index (χ3v) is 4.51. The van der Waals surface area contributed by atoms with Gasteiger partial charge in [-0.05, 0) is 35.7 Å². The predicted molar refractivity (Wildman–Crippen MR) is 79.0 cm³/mol. The third-order valence-electron chi connectivity index (χ3n) is 2.75. The fourth-order valence-electron chi connectivity index (χ4n) is 1.89. The van der Waals surface area contributed by atoms with Crippen molar-refractivity contribution in [3.8, 4) is 11.3 Å². The minimum Gasteiger partial charge on any atom is -0.375 e. The fourth-order valence-corrected chi connectivity index (χ4v) is 3.58. The van der Waals surface area contributed by atoms with E-state index in [-0.39, 0.29) is 5.82 Å². The number of halogens is 1. The maximum atomic E-state index is 13.0. The van der Waals surface area contributed by atoms with Crippen LogP contribution in [0.2, 0.25) is 0 Å². The van der Waals surface area contributed by atoms with Crippen molar-refractivity contribution in [1.82, 2.24) is 4.98 Å². The lowest BCUT2D eigenvalue weighted by Gasteiger charge is -2.01. The molecule has 0 unspecified atom stereocenters. The van der Waals surface area contributed by atoms with Crippen LogP contribution in [0.4, 0.5) is 9.52 Å². The van der Waals surface area contributed by atoms with Gasteiger partial charge in [-0.2, -0.15) is 0 Å². The predicted octanol–water partition coefficient (Wildman–Crippen LogP) is 4.18. The molecule has 96 valence electrons. The first-order valence-corrected chi connectivity index (χ1v) is 7.45. The Bertz CT molecular complexity index is 672. The first-order valence-electron chi connectivity index (χ1n) is 5.76. The number of benzene rings is 1. The van der Waals surface area contributed by atoms with E-state index in [1.165, 1.54) is 28.3 Å². The van der Waals surface area contributed by atoms with Gasteiger partial charge in [-0.15, -0.1) is 22.7 Å². The fraction of sp³-hybridized carbons (Fsp3) is 0.0714. The summed E-state index contributed by atoms with van der Waals surface area (Å²) in [5.74, 6) is -0.244. The van der Waals surface area contributed by atoms with Crippen LogP contribution in [-0.2, 0) is 6.42 Å². The Balaban J connectivity index is 1.99. The van der Waals surface area contributed by atoms with Gasteiger partial charge in [0.15, 0.2) is 5.13 Å². The second kappa shape index (κ2) is 5.11. The molecule has 2 heterocycles. The van der Waals surface area contributed by atoms with Gasteiger partial charge < -0.3 is 5.73 Å². The molecule has 19 heavy (non-hydrogen) atoms. The van der Waals surface area contributed by atoms with Crippen LogP contribution in [0.25, 0.3) is 11.3 Å². The Kier molecular flexibility index (Phi) is 3.31. The third kappa shape index (κ3) is 2.67. The number of nitrogens with two attached hydrogens (primary N) is 1. The molecule has 1 aromatic carbocycles. The molecule has 0 saturated carbocycles. The second-order valence-electron chi connectivity index (χ2n) is 4.09. The molecule has 5 heteroatoms. The van der Waals surface area contributed by atoms with Gasteiger partial charge in [0.1, 0.15) is 5.82 Å². The van der Waals surface area contributed by atoms with Crippen LogP contribution in [0.1, 0.15) is 9.75 Å². The normalized spacial score (nSPS) is 10.8. The number of rotatable bonds is 3. The zero-order valence-corrected chi connectivity index (χ0v) is 11.6. The Morgan fingerprint density at radius 2 is 1.95 bits per heavy atom. The number of nitrogen functional groups attached to an aromatic ring is 1. The largest absolute Gasteiger partial charge is 0.375 e. The quantitative estimate of drug-likeness (QED) is 0.785. The summed E-state index contributed by atoms with van der Waals surface area (Å²) in [5, 5.41) is 2.60. The van der Waals surface area contributed by atoms with E-state index in [4.69, 9.17) is 5.73 Å². The van der Waals surface area contributed by atoms with E-state index in [1.807, 2.05) is 6.07 Å². The Labute approximate surface area is 118 Å². The molecule has 0 bridgehead atoms. The molecule has 3 rings (SSSR count). The van der Waals surface area contributed by atoms with Crippen LogP contribution in [0.15, 0.2) is 41.8 Å². The maximum absolute atomic E-state index is 13.0. The average Bonchev–Trinajstić information content (AvgIpc) is 3.01.